The molecule has 4 saturated heterocycles. The Morgan fingerprint density at radius 1 is 1.11 bits per heavy atom. The van der Waals surface area contributed by atoms with E-state index in [4.69, 9.17) is 20.9 Å². The zero-order valence-electron chi connectivity index (χ0n) is 25.8. The van der Waals surface area contributed by atoms with Gasteiger partial charge in [-0.1, -0.05) is 12.0 Å². The van der Waals surface area contributed by atoms with Crippen molar-refractivity contribution in [2.45, 2.75) is 74.4 Å². The largest absolute Gasteiger partial charge is 0.508 e. The predicted octanol–water partition coefficient (Wildman–Crippen LogP) is 1.51. The average Bonchev–Trinajstić information content (AvgIpc) is 3.66. The smallest absolute Gasteiger partial charge is 0.405 e. The lowest BCUT2D eigenvalue weighted by molar-refractivity contribution is -0.457. The molecule has 2 bridgehead atoms. The standard InChI is InChI=1S/C33H38F2N6O6/c1-2-25-26(35)6-4-20-12-24(42)13-21(28(20)25)5-7-27-36-29(40-16-23-8-10-31(17-40,39-23)18-47-33(43,44)45)38-30(37-27)46-19-32-9-3-11-41(32)15-22(34)14-32/h1,4,6,12-13,22-23,39,42-45H,3,5,7-11,14-19H2/t22?,23-,31+,32+/m1/s1. The maximum Gasteiger partial charge on any atom is 0.405 e. The minimum Gasteiger partial charge on any atom is -0.508 e. The Labute approximate surface area is 270 Å². The highest BCUT2D eigenvalue weighted by atomic mass is 19.1. The van der Waals surface area contributed by atoms with Crippen LogP contribution in [-0.4, -0.2) is 109 Å². The van der Waals surface area contributed by atoms with Crippen LogP contribution in [-0.2, 0) is 17.6 Å². The molecular weight excluding hydrogens is 614 g/mol. The van der Waals surface area contributed by atoms with Crippen LogP contribution >= 0.6 is 0 Å². The fourth-order valence-corrected chi connectivity index (χ4v) is 7.98. The van der Waals surface area contributed by atoms with Crippen molar-refractivity contribution >= 4 is 16.7 Å². The molecule has 47 heavy (non-hydrogen) atoms. The van der Waals surface area contributed by atoms with E-state index in [1.54, 1.807) is 12.1 Å². The number of halogens is 2. The molecule has 4 aliphatic heterocycles. The first-order chi connectivity index (χ1) is 22.4. The highest BCUT2D eigenvalue weighted by Crippen LogP contribution is 2.40. The zero-order chi connectivity index (χ0) is 33.0. The summed E-state index contributed by atoms with van der Waals surface area (Å²) in [4.78, 5) is 18.2. The number of aryl methyl sites for hydroxylation is 2. The zero-order valence-corrected chi connectivity index (χ0v) is 25.8. The monoisotopic (exact) mass is 652 g/mol. The van der Waals surface area contributed by atoms with Crippen molar-refractivity contribution in [1.82, 2.24) is 25.2 Å². The molecule has 1 unspecified atom stereocenters. The van der Waals surface area contributed by atoms with Crippen molar-refractivity contribution in [2.75, 3.05) is 44.3 Å². The summed E-state index contributed by atoms with van der Waals surface area (Å²) in [5.74, 6) is 2.67. The number of hydrogen-bond acceptors (Lipinski definition) is 12. The summed E-state index contributed by atoms with van der Waals surface area (Å²) < 4.78 is 40.3. The van der Waals surface area contributed by atoms with E-state index >= 15 is 0 Å². The molecule has 0 spiro atoms. The molecule has 0 aliphatic carbocycles. The van der Waals surface area contributed by atoms with Crippen molar-refractivity contribution < 1.29 is 38.7 Å². The number of nitrogens with zero attached hydrogens (tertiary/aromatic N) is 5. The number of phenols is 1. The van der Waals surface area contributed by atoms with Crippen LogP contribution in [0.2, 0.25) is 0 Å². The fourth-order valence-electron chi connectivity index (χ4n) is 7.98. The van der Waals surface area contributed by atoms with Gasteiger partial charge >= 0.3 is 12.2 Å². The average molecular weight is 653 g/mol. The number of piperazine rings is 1. The van der Waals surface area contributed by atoms with Gasteiger partial charge in [0.25, 0.3) is 0 Å². The van der Waals surface area contributed by atoms with Gasteiger partial charge in [-0.2, -0.15) is 15.0 Å². The molecule has 1 aromatic heterocycles. The maximum atomic E-state index is 14.7. The number of nitrogens with one attached hydrogen (secondary N) is 1. The second kappa shape index (κ2) is 12.1. The van der Waals surface area contributed by atoms with Gasteiger partial charge in [-0.25, -0.2) is 8.78 Å². The van der Waals surface area contributed by atoms with Crippen molar-refractivity contribution in [3.8, 4) is 24.1 Å². The van der Waals surface area contributed by atoms with Crippen molar-refractivity contribution in [2.24, 2.45) is 0 Å². The van der Waals surface area contributed by atoms with Gasteiger partial charge in [-0.3, -0.25) is 4.90 Å². The number of alkyl halides is 1. The third-order valence-electron chi connectivity index (χ3n) is 10.0. The summed E-state index contributed by atoms with van der Waals surface area (Å²) in [5, 5.41) is 43.1. The highest BCUT2D eigenvalue weighted by molar-refractivity contribution is 5.92. The molecular formula is C33H38F2N6O6. The van der Waals surface area contributed by atoms with Crippen molar-refractivity contribution in [3.05, 3.63) is 47.0 Å². The summed E-state index contributed by atoms with van der Waals surface area (Å²) in [6, 6.07) is 6.08. The topological polar surface area (TPSA) is 157 Å². The lowest BCUT2D eigenvalue weighted by Gasteiger charge is -2.41. The van der Waals surface area contributed by atoms with Crippen LogP contribution in [0.1, 0.15) is 49.1 Å². The van der Waals surface area contributed by atoms with Crippen LogP contribution < -0.4 is 15.0 Å². The van der Waals surface area contributed by atoms with Gasteiger partial charge in [0.2, 0.25) is 5.95 Å². The SMILES string of the molecule is C#Cc1c(F)ccc2cc(O)cc(CCc3nc(OC[C@@]45CCCN4CC(F)C5)nc(N4C[C@H]5CC[C@@](COC(O)(O)O)(C4)N5)n3)c12. The summed E-state index contributed by atoms with van der Waals surface area (Å²) in [6.07, 6.45) is 5.72. The van der Waals surface area contributed by atoms with E-state index in [-0.39, 0.29) is 43.0 Å². The number of aromatic nitrogens is 3. The first kappa shape index (κ1) is 31.9. The maximum absolute atomic E-state index is 14.7. The van der Waals surface area contributed by atoms with Gasteiger partial charge in [0.05, 0.1) is 23.2 Å². The minimum absolute atomic E-state index is 0.0204. The molecule has 0 amide bonds. The Morgan fingerprint density at radius 3 is 2.77 bits per heavy atom. The van der Waals surface area contributed by atoms with Gasteiger partial charge < -0.3 is 40.1 Å². The lowest BCUT2D eigenvalue weighted by atomic mass is 9.95. The molecule has 0 saturated carbocycles. The Bertz CT molecular complexity index is 1720. The van der Waals surface area contributed by atoms with Crippen LogP contribution in [0.4, 0.5) is 14.7 Å². The first-order valence-electron chi connectivity index (χ1n) is 15.9. The number of rotatable bonds is 10. The molecule has 4 atom stereocenters. The quantitative estimate of drug-likeness (QED) is 0.159. The molecule has 14 heteroatoms. The van der Waals surface area contributed by atoms with Gasteiger partial charge in [-0.15, -0.1) is 6.42 Å². The number of hydrogen-bond donors (Lipinski definition) is 5. The van der Waals surface area contributed by atoms with Gasteiger partial charge in [0, 0.05) is 43.9 Å². The van der Waals surface area contributed by atoms with Gasteiger partial charge in [-0.05, 0) is 67.8 Å². The summed E-state index contributed by atoms with van der Waals surface area (Å²) in [5.41, 5.74) is -0.365. The minimum atomic E-state index is -3.26. The van der Waals surface area contributed by atoms with Crippen LogP contribution in [0, 0.1) is 18.2 Å². The number of aliphatic hydroxyl groups is 3. The first-order valence-corrected chi connectivity index (χ1v) is 15.9. The normalized spacial score (nSPS) is 27.4. The lowest BCUT2D eigenvalue weighted by Crippen LogP contribution is -2.63. The molecule has 3 aromatic rings. The molecule has 2 aromatic carbocycles. The van der Waals surface area contributed by atoms with Crippen LogP contribution in [0.15, 0.2) is 24.3 Å². The third-order valence-corrected chi connectivity index (χ3v) is 10.0. The van der Waals surface area contributed by atoms with Gasteiger partial charge in [0.1, 0.15) is 30.2 Å². The number of ether oxygens (including phenoxy) is 2. The van der Waals surface area contributed by atoms with E-state index in [0.717, 1.165) is 25.8 Å². The van der Waals surface area contributed by atoms with E-state index in [2.05, 4.69) is 26.1 Å². The molecule has 0 radical (unpaired) electrons. The Hall–Kier alpha value is -3.71. The Morgan fingerprint density at radius 2 is 1.96 bits per heavy atom. The van der Waals surface area contributed by atoms with E-state index in [0.29, 0.717) is 67.0 Å². The number of anilines is 1. The Kier molecular flexibility index (Phi) is 8.18. The van der Waals surface area contributed by atoms with E-state index in [9.17, 15) is 29.2 Å². The molecule has 12 nitrogen and oxygen atoms in total. The molecule has 5 heterocycles. The summed E-state index contributed by atoms with van der Waals surface area (Å²) in [6.45, 7) is 2.15. The Balaban J connectivity index is 1.19. The molecule has 250 valence electrons. The molecule has 5 N–H and O–H groups in total. The van der Waals surface area contributed by atoms with Crippen molar-refractivity contribution in [3.63, 3.8) is 0 Å². The second-order valence-corrected chi connectivity index (χ2v) is 13.4. The summed E-state index contributed by atoms with van der Waals surface area (Å²) in [7, 11) is 0. The molecule has 4 aliphatic rings. The van der Waals surface area contributed by atoms with E-state index in [1.807, 2.05) is 4.90 Å². The van der Waals surface area contributed by atoms with Gasteiger partial charge in [0.15, 0.2) is 0 Å². The number of aromatic hydroxyl groups is 1. The van der Waals surface area contributed by atoms with E-state index < -0.39 is 29.2 Å². The van der Waals surface area contributed by atoms with Crippen molar-refractivity contribution in [1.29, 1.82) is 0 Å². The second-order valence-electron chi connectivity index (χ2n) is 13.4. The third kappa shape index (κ3) is 6.43. The fraction of sp³-hybridized carbons (Fsp3) is 0.545. The highest BCUT2D eigenvalue weighted by Gasteiger charge is 2.50. The number of terminal acetylenes is 1. The summed E-state index contributed by atoms with van der Waals surface area (Å²) >= 11 is 0. The van der Waals surface area contributed by atoms with E-state index in [1.165, 1.54) is 12.1 Å². The number of benzene rings is 2. The van der Waals surface area contributed by atoms with Crippen LogP contribution in [0.3, 0.4) is 0 Å². The molecule has 4 fully saturated rings. The molecule has 7 rings (SSSR count). The number of fused-ring (bicyclic) bond motifs is 4. The number of phenolic OH excluding ortho intramolecular Hbond substituents is 1. The van der Waals surface area contributed by atoms with Crippen LogP contribution in [0.25, 0.3) is 10.8 Å². The van der Waals surface area contributed by atoms with Crippen LogP contribution in [0.5, 0.6) is 11.8 Å². The predicted molar refractivity (Wildman–Crippen MR) is 166 cm³/mol.